The molecule has 0 saturated heterocycles. The summed E-state index contributed by atoms with van der Waals surface area (Å²) in [5.74, 6) is 1.40. The molecule has 108 valence electrons. The molecule has 0 aliphatic carbocycles. The third-order valence-electron chi connectivity index (χ3n) is 3.49. The second kappa shape index (κ2) is 5.99. The van der Waals surface area contributed by atoms with Crippen LogP contribution in [0.15, 0.2) is 41.9 Å². The average Bonchev–Trinajstić information content (AvgIpc) is 2.46. The minimum Gasteiger partial charge on any atom is -0.493 e. The molecule has 0 amide bonds. The number of aliphatic imine (C=N–C) groups is 1. The molecule has 1 atom stereocenters. The van der Waals surface area contributed by atoms with Crippen LogP contribution in [0, 0.1) is 5.41 Å². The van der Waals surface area contributed by atoms with Gasteiger partial charge in [0.25, 0.3) is 0 Å². The van der Waals surface area contributed by atoms with Crippen molar-refractivity contribution in [3.05, 3.63) is 42.5 Å². The molecule has 3 N–H and O–H groups in total. The minimum atomic E-state index is -0.0418. The van der Waals surface area contributed by atoms with Crippen LogP contribution < -0.4 is 15.8 Å². The van der Waals surface area contributed by atoms with Crippen LogP contribution in [0.3, 0.4) is 0 Å². The van der Waals surface area contributed by atoms with E-state index in [1.165, 1.54) is 0 Å². The highest BCUT2D eigenvalue weighted by Crippen LogP contribution is 2.31. The number of hydrogen-bond donors (Lipinski definition) is 2. The number of nitrogens with zero attached hydrogens (tertiary/aromatic N) is 1. The highest BCUT2D eigenvalue weighted by molar-refractivity contribution is 5.78. The first-order valence-electron chi connectivity index (χ1n) is 6.93. The first-order valence-corrected chi connectivity index (χ1v) is 6.93. The van der Waals surface area contributed by atoms with Crippen LogP contribution in [0.5, 0.6) is 5.75 Å². The van der Waals surface area contributed by atoms with Gasteiger partial charge >= 0.3 is 0 Å². The van der Waals surface area contributed by atoms with Crippen molar-refractivity contribution in [3.63, 3.8) is 0 Å². The summed E-state index contributed by atoms with van der Waals surface area (Å²) in [6.45, 7) is 9.30. The topological polar surface area (TPSA) is 59.6 Å². The van der Waals surface area contributed by atoms with Gasteiger partial charge in [-0.3, -0.25) is 4.99 Å². The van der Waals surface area contributed by atoms with E-state index in [1.807, 2.05) is 24.3 Å². The fraction of sp³-hybridized carbons (Fsp3) is 0.438. The van der Waals surface area contributed by atoms with E-state index in [9.17, 15) is 0 Å². The van der Waals surface area contributed by atoms with Crippen molar-refractivity contribution in [1.29, 1.82) is 0 Å². The second-order valence-corrected chi connectivity index (χ2v) is 5.77. The van der Waals surface area contributed by atoms with Crippen LogP contribution in [0.1, 0.15) is 31.9 Å². The van der Waals surface area contributed by atoms with Gasteiger partial charge in [0.05, 0.1) is 19.2 Å². The van der Waals surface area contributed by atoms with Gasteiger partial charge in [-0.15, -0.1) is 6.58 Å². The molecule has 0 spiro atoms. The standard InChI is InChI=1S/C16H23N3O/c1-4-16(2,3)11-18-15(17)19-13-9-10-20-14-8-6-5-7-12(13)14/h4-8,13H,1,9-11H2,2-3H3,(H3,17,18,19). The summed E-state index contributed by atoms with van der Waals surface area (Å²) in [4.78, 5) is 4.40. The molecular formula is C16H23N3O. The lowest BCUT2D eigenvalue weighted by molar-refractivity contribution is 0.262. The fourth-order valence-electron chi connectivity index (χ4n) is 2.07. The van der Waals surface area contributed by atoms with Crippen LogP contribution in [0.2, 0.25) is 0 Å². The van der Waals surface area contributed by atoms with Crippen LogP contribution in [0.25, 0.3) is 0 Å². The van der Waals surface area contributed by atoms with Gasteiger partial charge in [0.1, 0.15) is 5.75 Å². The Kier molecular flexibility index (Phi) is 4.32. The average molecular weight is 273 g/mol. The molecule has 0 bridgehead atoms. The van der Waals surface area contributed by atoms with Gasteiger partial charge in [0.2, 0.25) is 0 Å². The zero-order valence-electron chi connectivity index (χ0n) is 12.2. The first-order chi connectivity index (χ1) is 9.52. The van der Waals surface area contributed by atoms with Crippen LogP contribution in [-0.2, 0) is 0 Å². The largest absolute Gasteiger partial charge is 0.493 e. The smallest absolute Gasteiger partial charge is 0.189 e. The van der Waals surface area contributed by atoms with Gasteiger partial charge in [-0.2, -0.15) is 0 Å². The summed E-state index contributed by atoms with van der Waals surface area (Å²) in [6.07, 6.45) is 2.78. The molecule has 20 heavy (non-hydrogen) atoms. The van der Waals surface area contributed by atoms with Gasteiger partial charge in [-0.05, 0) is 6.07 Å². The number of rotatable bonds is 4. The first kappa shape index (κ1) is 14.4. The van der Waals surface area contributed by atoms with E-state index in [0.717, 1.165) is 17.7 Å². The van der Waals surface area contributed by atoms with Crippen LogP contribution >= 0.6 is 0 Å². The molecule has 1 aromatic carbocycles. The van der Waals surface area contributed by atoms with Gasteiger partial charge in [0.15, 0.2) is 5.96 Å². The number of benzene rings is 1. The predicted molar refractivity (Wildman–Crippen MR) is 82.9 cm³/mol. The zero-order valence-corrected chi connectivity index (χ0v) is 12.2. The van der Waals surface area contributed by atoms with Gasteiger partial charge in [-0.25, -0.2) is 0 Å². The Hall–Kier alpha value is -1.97. The number of para-hydroxylation sites is 1. The monoisotopic (exact) mass is 273 g/mol. The molecule has 2 rings (SSSR count). The lowest BCUT2D eigenvalue weighted by Gasteiger charge is -2.27. The normalized spacial score (nSPS) is 18.9. The third-order valence-corrected chi connectivity index (χ3v) is 3.49. The molecule has 0 radical (unpaired) electrons. The number of nitrogens with one attached hydrogen (secondary N) is 1. The quantitative estimate of drug-likeness (QED) is 0.503. The lowest BCUT2D eigenvalue weighted by Crippen LogP contribution is -2.38. The van der Waals surface area contributed by atoms with Crippen molar-refractivity contribution >= 4 is 5.96 Å². The predicted octanol–water partition coefficient (Wildman–Crippen LogP) is 2.63. The number of nitrogens with two attached hydrogens (primary N) is 1. The summed E-state index contributed by atoms with van der Waals surface area (Å²) in [5, 5.41) is 3.29. The van der Waals surface area contributed by atoms with Gasteiger partial charge < -0.3 is 15.8 Å². The molecule has 1 aromatic rings. The molecule has 0 aromatic heterocycles. The van der Waals surface area contributed by atoms with Crippen molar-refractivity contribution in [2.24, 2.45) is 16.1 Å². The van der Waals surface area contributed by atoms with Crippen molar-refractivity contribution in [3.8, 4) is 5.75 Å². The maximum Gasteiger partial charge on any atom is 0.189 e. The fourth-order valence-corrected chi connectivity index (χ4v) is 2.07. The molecular weight excluding hydrogens is 250 g/mol. The second-order valence-electron chi connectivity index (χ2n) is 5.77. The molecule has 4 heteroatoms. The molecule has 0 saturated carbocycles. The summed E-state index contributed by atoms with van der Waals surface area (Å²) in [6, 6.07) is 8.20. The van der Waals surface area contributed by atoms with Crippen molar-refractivity contribution in [2.75, 3.05) is 13.2 Å². The Morgan fingerprint density at radius 1 is 1.55 bits per heavy atom. The summed E-state index contributed by atoms with van der Waals surface area (Å²) in [5.41, 5.74) is 7.08. The van der Waals surface area contributed by atoms with E-state index in [0.29, 0.717) is 19.1 Å². The SMILES string of the molecule is C=CC(C)(C)CN=C(N)NC1CCOc2ccccc21. The Balaban J connectivity index is 2.04. The summed E-state index contributed by atoms with van der Waals surface area (Å²) in [7, 11) is 0. The van der Waals surface area contributed by atoms with E-state index < -0.39 is 0 Å². The maximum atomic E-state index is 5.99. The summed E-state index contributed by atoms with van der Waals surface area (Å²) < 4.78 is 5.63. The maximum absolute atomic E-state index is 5.99. The Labute approximate surface area is 120 Å². The number of fused-ring (bicyclic) bond motifs is 1. The third kappa shape index (κ3) is 3.53. The van der Waals surface area contributed by atoms with E-state index in [2.05, 4.69) is 36.8 Å². The van der Waals surface area contributed by atoms with Crippen LogP contribution in [-0.4, -0.2) is 19.1 Å². The van der Waals surface area contributed by atoms with Gasteiger partial charge in [0, 0.05) is 17.4 Å². The van der Waals surface area contributed by atoms with Crippen LogP contribution in [0.4, 0.5) is 0 Å². The molecule has 1 unspecified atom stereocenters. The summed E-state index contributed by atoms with van der Waals surface area (Å²) >= 11 is 0. The lowest BCUT2D eigenvalue weighted by atomic mass is 9.94. The van der Waals surface area contributed by atoms with Gasteiger partial charge in [-0.1, -0.05) is 38.1 Å². The zero-order chi connectivity index (χ0) is 14.6. The molecule has 1 aliphatic heterocycles. The Bertz CT molecular complexity index is 508. The van der Waals surface area contributed by atoms with E-state index in [4.69, 9.17) is 10.5 Å². The number of hydrogen-bond acceptors (Lipinski definition) is 2. The molecule has 0 fully saturated rings. The molecule has 1 heterocycles. The highest BCUT2D eigenvalue weighted by atomic mass is 16.5. The number of guanidine groups is 1. The van der Waals surface area contributed by atoms with Crippen molar-refractivity contribution < 1.29 is 4.74 Å². The Morgan fingerprint density at radius 2 is 2.30 bits per heavy atom. The minimum absolute atomic E-state index is 0.0418. The van der Waals surface area contributed by atoms with E-state index >= 15 is 0 Å². The van der Waals surface area contributed by atoms with Crippen molar-refractivity contribution in [2.45, 2.75) is 26.3 Å². The Morgan fingerprint density at radius 3 is 3.05 bits per heavy atom. The highest BCUT2D eigenvalue weighted by Gasteiger charge is 2.21. The molecule has 4 nitrogen and oxygen atoms in total. The number of ether oxygens (including phenoxy) is 1. The molecule has 1 aliphatic rings. The van der Waals surface area contributed by atoms with E-state index in [-0.39, 0.29) is 11.5 Å². The van der Waals surface area contributed by atoms with E-state index in [1.54, 1.807) is 0 Å². The van der Waals surface area contributed by atoms with Crippen molar-refractivity contribution in [1.82, 2.24) is 5.32 Å².